The summed E-state index contributed by atoms with van der Waals surface area (Å²) < 4.78 is 47.5. The molecule has 0 unspecified atom stereocenters. The fraction of sp³-hybridized carbons (Fsp3) is 0.0455. The highest BCUT2D eigenvalue weighted by Gasteiger charge is 2.31. The van der Waals surface area contributed by atoms with Gasteiger partial charge in [0.15, 0.2) is 0 Å². The molecule has 0 aliphatic heterocycles. The molecule has 168 valence electrons. The summed E-state index contributed by atoms with van der Waals surface area (Å²) in [4.78, 5) is 16.4. The van der Waals surface area contributed by atoms with Crippen LogP contribution in [-0.4, -0.2) is 20.8 Å². The molecule has 0 aliphatic rings. The minimum Gasteiger partial charge on any atom is -0.457 e. The average Bonchev–Trinajstić information content (AvgIpc) is 3.31. The van der Waals surface area contributed by atoms with Crippen LogP contribution in [0.5, 0.6) is 11.5 Å². The molecule has 0 fully saturated rings. The van der Waals surface area contributed by atoms with Crippen molar-refractivity contribution in [2.24, 2.45) is 0 Å². The lowest BCUT2D eigenvalue weighted by Crippen LogP contribution is -2.27. The molecule has 0 spiro atoms. The van der Waals surface area contributed by atoms with Gasteiger partial charge in [0.2, 0.25) is 12.4 Å². The van der Waals surface area contributed by atoms with Crippen LogP contribution in [0.1, 0.15) is 5.56 Å². The minimum atomic E-state index is -4.56. The van der Waals surface area contributed by atoms with Gasteiger partial charge in [0.05, 0.1) is 23.3 Å². The predicted molar refractivity (Wildman–Crippen MR) is 112 cm³/mol. The van der Waals surface area contributed by atoms with Crippen molar-refractivity contribution in [3.63, 3.8) is 0 Å². The van der Waals surface area contributed by atoms with Crippen LogP contribution in [0.4, 0.5) is 29.3 Å². The molecule has 2 amide bonds. The first-order valence-electron chi connectivity index (χ1n) is 9.54. The highest BCUT2D eigenvalue weighted by atomic mass is 19.4. The normalized spacial score (nSPS) is 11.1. The number of carbonyl (C=O) groups excluding carboxylic acids is 1. The predicted octanol–water partition coefficient (Wildman–Crippen LogP) is 4.85. The SMILES string of the molecule is O=C(Nc1ccc(Oc2cc[n+](O)cc2)cc1)Nc1cc(C(F)(F)F)ccc1-n1ccnc1. The summed E-state index contributed by atoms with van der Waals surface area (Å²) in [7, 11) is 0. The first-order valence-corrected chi connectivity index (χ1v) is 9.54. The molecule has 3 N–H and O–H groups in total. The summed E-state index contributed by atoms with van der Waals surface area (Å²) >= 11 is 0. The molecule has 33 heavy (non-hydrogen) atoms. The van der Waals surface area contributed by atoms with Crippen molar-refractivity contribution in [2.45, 2.75) is 6.18 Å². The number of aromatic nitrogens is 3. The van der Waals surface area contributed by atoms with Crippen LogP contribution < -0.4 is 20.1 Å². The molecule has 11 heteroatoms. The van der Waals surface area contributed by atoms with Crippen LogP contribution in [0.3, 0.4) is 0 Å². The lowest BCUT2D eigenvalue weighted by Gasteiger charge is -2.15. The number of urea groups is 1. The molecule has 2 heterocycles. The summed E-state index contributed by atoms with van der Waals surface area (Å²) in [6, 6.07) is 11.8. The number of nitrogens with one attached hydrogen (secondary N) is 2. The van der Waals surface area contributed by atoms with Crippen molar-refractivity contribution in [1.29, 1.82) is 0 Å². The van der Waals surface area contributed by atoms with Gasteiger partial charge in [-0.2, -0.15) is 13.2 Å². The maximum Gasteiger partial charge on any atom is 0.416 e. The number of hydrogen-bond acceptors (Lipinski definition) is 4. The lowest BCUT2D eigenvalue weighted by molar-refractivity contribution is -0.904. The molecule has 4 rings (SSSR count). The maximum atomic E-state index is 13.2. The Kier molecular flexibility index (Phi) is 5.85. The van der Waals surface area contributed by atoms with Crippen LogP contribution in [0.25, 0.3) is 5.69 Å². The van der Waals surface area contributed by atoms with Gasteiger partial charge in [-0.15, -0.1) is 0 Å². The first kappa shape index (κ1) is 21.7. The molecule has 8 nitrogen and oxygen atoms in total. The van der Waals surface area contributed by atoms with Crippen LogP contribution in [-0.2, 0) is 6.18 Å². The van der Waals surface area contributed by atoms with Crippen molar-refractivity contribution >= 4 is 17.4 Å². The smallest absolute Gasteiger partial charge is 0.416 e. The van der Waals surface area contributed by atoms with Crippen molar-refractivity contribution in [1.82, 2.24) is 9.55 Å². The number of ether oxygens (including phenoxy) is 1. The van der Waals surface area contributed by atoms with E-state index in [1.54, 1.807) is 42.6 Å². The van der Waals surface area contributed by atoms with E-state index in [9.17, 15) is 23.2 Å². The zero-order chi connectivity index (χ0) is 23.4. The van der Waals surface area contributed by atoms with Gasteiger partial charge in [-0.05, 0) is 42.5 Å². The second kappa shape index (κ2) is 8.91. The van der Waals surface area contributed by atoms with E-state index in [4.69, 9.17) is 4.74 Å². The minimum absolute atomic E-state index is 0.0366. The number of amides is 2. The molecular formula is C22H17F3N5O3+. The quantitative estimate of drug-likeness (QED) is 0.296. The van der Waals surface area contributed by atoms with E-state index in [1.165, 1.54) is 35.6 Å². The monoisotopic (exact) mass is 456 g/mol. The Morgan fingerprint density at radius 2 is 1.70 bits per heavy atom. The van der Waals surface area contributed by atoms with E-state index in [2.05, 4.69) is 15.6 Å². The number of benzene rings is 2. The molecule has 0 saturated carbocycles. The number of rotatable bonds is 5. The summed E-state index contributed by atoms with van der Waals surface area (Å²) in [5, 5.41) is 14.3. The van der Waals surface area contributed by atoms with Crippen LogP contribution >= 0.6 is 0 Å². The Balaban J connectivity index is 1.47. The van der Waals surface area contributed by atoms with Gasteiger partial charge in [-0.1, -0.05) is 0 Å². The molecule has 0 atom stereocenters. The maximum absolute atomic E-state index is 13.2. The zero-order valence-corrected chi connectivity index (χ0v) is 16.8. The summed E-state index contributed by atoms with van der Waals surface area (Å²) in [5.41, 5.74) is -0.204. The van der Waals surface area contributed by atoms with E-state index in [-0.39, 0.29) is 5.69 Å². The summed E-state index contributed by atoms with van der Waals surface area (Å²) in [5.74, 6) is 0.979. The molecule has 0 aliphatic carbocycles. The molecule has 2 aromatic heterocycles. The van der Waals surface area contributed by atoms with E-state index in [0.29, 0.717) is 22.9 Å². The van der Waals surface area contributed by atoms with Gasteiger partial charge in [-0.25, -0.2) is 9.78 Å². The van der Waals surface area contributed by atoms with Crippen molar-refractivity contribution < 1.29 is 32.6 Å². The molecule has 4 aromatic rings. The van der Waals surface area contributed by atoms with E-state index in [1.807, 2.05) is 0 Å². The van der Waals surface area contributed by atoms with Gasteiger partial charge in [0.1, 0.15) is 11.5 Å². The second-order valence-electron chi connectivity index (χ2n) is 6.82. The van der Waals surface area contributed by atoms with Crippen molar-refractivity contribution in [3.05, 3.63) is 91.3 Å². The fourth-order valence-corrected chi connectivity index (χ4v) is 2.94. The van der Waals surface area contributed by atoms with Gasteiger partial charge >= 0.3 is 12.2 Å². The van der Waals surface area contributed by atoms with Crippen LogP contribution in [0.2, 0.25) is 0 Å². The summed E-state index contributed by atoms with van der Waals surface area (Å²) in [6.45, 7) is 0. The zero-order valence-electron chi connectivity index (χ0n) is 16.8. The largest absolute Gasteiger partial charge is 0.457 e. The highest BCUT2D eigenvalue weighted by Crippen LogP contribution is 2.33. The second-order valence-corrected chi connectivity index (χ2v) is 6.82. The third-order valence-corrected chi connectivity index (χ3v) is 4.49. The van der Waals surface area contributed by atoms with Crippen molar-refractivity contribution in [3.8, 4) is 17.2 Å². The summed E-state index contributed by atoms with van der Waals surface area (Å²) in [6.07, 6.45) is 2.69. The molecule has 2 aromatic carbocycles. The number of anilines is 2. The fourth-order valence-electron chi connectivity index (χ4n) is 2.94. The van der Waals surface area contributed by atoms with Crippen LogP contribution in [0, 0.1) is 0 Å². The molecule has 0 radical (unpaired) electrons. The van der Waals surface area contributed by atoms with Gasteiger partial charge in [0.25, 0.3) is 0 Å². The third kappa shape index (κ3) is 5.39. The van der Waals surface area contributed by atoms with Crippen molar-refractivity contribution in [2.75, 3.05) is 10.6 Å². The Hall–Kier alpha value is -4.54. The highest BCUT2D eigenvalue weighted by molar-refractivity contribution is 6.01. The van der Waals surface area contributed by atoms with E-state index < -0.39 is 17.8 Å². The van der Waals surface area contributed by atoms with Crippen LogP contribution in [0.15, 0.2) is 85.7 Å². The van der Waals surface area contributed by atoms with E-state index >= 15 is 0 Å². The average molecular weight is 456 g/mol. The number of imidazole rings is 1. The number of nitrogens with zero attached hydrogens (tertiary/aromatic N) is 3. The Morgan fingerprint density at radius 1 is 1.00 bits per heavy atom. The molecule has 0 saturated heterocycles. The molecular weight excluding hydrogens is 439 g/mol. The topological polar surface area (TPSA) is 92.3 Å². The number of hydrogen-bond donors (Lipinski definition) is 3. The first-order chi connectivity index (χ1) is 15.8. The number of halogens is 3. The number of carbonyl (C=O) groups is 1. The number of alkyl halides is 3. The standard InChI is InChI=1S/C22H16F3N5O3/c23-22(24,25)15-1-6-20(29-12-9-26-14-29)19(13-15)28-21(31)27-16-2-4-17(5-3-16)33-18-7-10-30(32)11-8-18/h1-14H,(H2-,27,28,31,32)/p+1. The lowest BCUT2D eigenvalue weighted by atomic mass is 10.1. The Morgan fingerprint density at radius 3 is 2.33 bits per heavy atom. The van der Waals surface area contributed by atoms with Gasteiger partial charge in [-0.3, -0.25) is 5.21 Å². The molecule has 0 bridgehead atoms. The van der Waals surface area contributed by atoms with Gasteiger partial charge < -0.3 is 19.9 Å². The number of pyridine rings is 1. The van der Waals surface area contributed by atoms with Gasteiger partial charge in [0, 0.05) is 34.9 Å². The third-order valence-electron chi connectivity index (χ3n) is 4.49. The van der Waals surface area contributed by atoms with E-state index in [0.717, 1.165) is 16.9 Å². The Bertz CT molecular complexity index is 1240. The Labute approximate surface area is 185 Å².